The zero-order chi connectivity index (χ0) is 24.5. The standard InChI is InChI=1S/C25H37N5O3S/c1-18(2)20-4-6-22(7-5-20)29-12-9-25(10-13-29)23-8-3-19(16-26)15-21(23)17-30(24(25)31)14-11-28-34(27,32)33/h3,8,15,18,20,22,28H,4-7,9-14,17H2,1-2H3,(H2,27,32,33)/t20-,22-. The fourth-order valence-corrected chi connectivity index (χ4v) is 6.72. The van der Waals surface area contributed by atoms with E-state index < -0.39 is 15.6 Å². The molecule has 2 aliphatic heterocycles. The van der Waals surface area contributed by atoms with Crippen LogP contribution in [-0.2, 0) is 27.0 Å². The summed E-state index contributed by atoms with van der Waals surface area (Å²) in [6.07, 6.45) is 6.53. The zero-order valence-corrected chi connectivity index (χ0v) is 21.1. The molecule has 1 aromatic rings. The smallest absolute Gasteiger partial charge is 0.274 e. The van der Waals surface area contributed by atoms with E-state index in [0.717, 1.165) is 48.9 Å². The van der Waals surface area contributed by atoms with Crippen LogP contribution in [0.3, 0.4) is 0 Å². The third-order valence-corrected chi connectivity index (χ3v) is 8.95. The summed E-state index contributed by atoms with van der Waals surface area (Å²) >= 11 is 0. The van der Waals surface area contributed by atoms with Crippen molar-refractivity contribution in [2.75, 3.05) is 26.2 Å². The molecule has 1 aliphatic carbocycles. The first-order chi connectivity index (χ1) is 16.1. The van der Waals surface area contributed by atoms with E-state index in [1.165, 1.54) is 25.7 Å². The van der Waals surface area contributed by atoms with Crippen LogP contribution in [0.2, 0.25) is 0 Å². The van der Waals surface area contributed by atoms with E-state index in [4.69, 9.17) is 5.14 Å². The highest BCUT2D eigenvalue weighted by atomic mass is 32.2. The first-order valence-electron chi connectivity index (χ1n) is 12.5. The summed E-state index contributed by atoms with van der Waals surface area (Å²) in [5.74, 6) is 1.63. The minimum Gasteiger partial charge on any atom is -0.336 e. The molecule has 186 valence electrons. The quantitative estimate of drug-likeness (QED) is 0.638. The second-order valence-corrected chi connectivity index (χ2v) is 12.0. The van der Waals surface area contributed by atoms with Gasteiger partial charge >= 0.3 is 0 Å². The number of rotatable bonds is 6. The molecule has 1 aromatic carbocycles. The number of nitriles is 1. The molecule has 1 spiro atoms. The zero-order valence-electron chi connectivity index (χ0n) is 20.3. The maximum atomic E-state index is 13.8. The van der Waals surface area contributed by atoms with Gasteiger partial charge in [-0.05, 0) is 86.7 Å². The molecule has 34 heavy (non-hydrogen) atoms. The average molecular weight is 488 g/mol. The molecule has 0 radical (unpaired) electrons. The van der Waals surface area contributed by atoms with Gasteiger partial charge in [0, 0.05) is 25.7 Å². The molecule has 0 atom stereocenters. The molecule has 0 aromatic heterocycles. The summed E-state index contributed by atoms with van der Waals surface area (Å²) in [7, 11) is -3.81. The lowest BCUT2D eigenvalue weighted by Gasteiger charge is -2.49. The van der Waals surface area contributed by atoms with Gasteiger partial charge in [0.2, 0.25) is 5.91 Å². The van der Waals surface area contributed by atoms with Crippen LogP contribution in [0, 0.1) is 23.2 Å². The Bertz CT molecular complexity index is 1050. The first-order valence-corrected chi connectivity index (χ1v) is 14.0. The summed E-state index contributed by atoms with van der Waals surface area (Å²) < 4.78 is 24.9. The van der Waals surface area contributed by atoms with Crippen molar-refractivity contribution in [3.05, 3.63) is 34.9 Å². The molecular formula is C25H37N5O3S. The van der Waals surface area contributed by atoms with E-state index in [9.17, 15) is 18.5 Å². The number of fused-ring (bicyclic) bond motifs is 2. The molecule has 1 amide bonds. The van der Waals surface area contributed by atoms with Crippen LogP contribution >= 0.6 is 0 Å². The normalized spacial score (nSPS) is 25.4. The van der Waals surface area contributed by atoms with Crippen LogP contribution in [0.25, 0.3) is 0 Å². The van der Waals surface area contributed by atoms with Crippen molar-refractivity contribution in [1.82, 2.24) is 14.5 Å². The lowest BCUT2D eigenvalue weighted by atomic mass is 9.67. The van der Waals surface area contributed by atoms with E-state index in [0.29, 0.717) is 18.2 Å². The molecule has 3 aliphatic rings. The molecule has 0 unspecified atom stereocenters. The summed E-state index contributed by atoms with van der Waals surface area (Å²) in [6, 6.07) is 8.45. The fraction of sp³-hybridized carbons (Fsp3) is 0.680. The maximum absolute atomic E-state index is 13.8. The average Bonchev–Trinajstić information content (AvgIpc) is 2.81. The number of amides is 1. The second kappa shape index (κ2) is 9.94. The highest BCUT2D eigenvalue weighted by Crippen LogP contribution is 2.44. The van der Waals surface area contributed by atoms with Crippen LogP contribution < -0.4 is 9.86 Å². The van der Waals surface area contributed by atoms with Crippen molar-refractivity contribution in [1.29, 1.82) is 5.26 Å². The van der Waals surface area contributed by atoms with Crippen LogP contribution in [-0.4, -0.2) is 56.3 Å². The largest absolute Gasteiger partial charge is 0.336 e. The van der Waals surface area contributed by atoms with E-state index in [-0.39, 0.29) is 19.0 Å². The van der Waals surface area contributed by atoms with Gasteiger partial charge in [-0.25, -0.2) is 9.86 Å². The topological polar surface area (TPSA) is 120 Å². The number of carbonyl (C=O) groups excluding carboxylic acids is 1. The number of nitrogens with zero attached hydrogens (tertiary/aromatic N) is 3. The number of benzene rings is 1. The molecule has 3 N–H and O–H groups in total. The predicted octanol–water partition coefficient (Wildman–Crippen LogP) is 2.24. The van der Waals surface area contributed by atoms with Crippen LogP contribution in [0.15, 0.2) is 18.2 Å². The Morgan fingerprint density at radius 1 is 1.21 bits per heavy atom. The third-order valence-electron chi connectivity index (χ3n) is 8.34. The third kappa shape index (κ3) is 5.15. The van der Waals surface area contributed by atoms with Gasteiger partial charge in [-0.15, -0.1) is 0 Å². The Morgan fingerprint density at radius 2 is 1.88 bits per heavy atom. The highest BCUT2D eigenvalue weighted by molar-refractivity contribution is 7.87. The Labute approximate surface area is 203 Å². The van der Waals surface area contributed by atoms with Crippen LogP contribution in [0.1, 0.15) is 69.1 Å². The number of hydrogen-bond acceptors (Lipinski definition) is 5. The van der Waals surface area contributed by atoms with E-state index in [1.54, 1.807) is 4.90 Å². The summed E-state index contributed by atoms with van der Waals surface area (Å²) in [6.45, 7) is 7.10. The van der Waals surface area contributed by atoms with Crippen molar-refractivity contribution < 1.29 is 13.2 Å². The van der Waals surface area contributed by atoms with Gasteiger partial charge in [0.05, 0.1) is 17.0 Å². The Balaban J connectivity index is 1.51. The maximum Gasteiger partial charge on any atom is 0.274 e. The summed E-state index contributed by atoms with van der Waals surface area (Å²) in [5.41, 5.74) is 1.98. The monoisotopic (exact) mass is 487 g/mol. The van der Waals surface area contributed by atoms with E-state index in [2.05, 4.69) is 29.5 Å². The molecule has 1 saturated heterocycles. The SMILES string of the molecule is CC(C)[C@H]1CC[C@H](N2CCC3(CC2)C(=O)N(CCNS(N)(=O)=O)Cc2cc(C#N)ccc23)CC1. The van der Waals surface area contributed by atoms with E-state index >= 15 is 0 Å². The number of hydrogen-bond donors (Lipinski definition) is 2. The van der Waals surface area contributed by atoms with Crippen molar-refractivity contribution in [2.45, 2.75) is 70.4 Å². The minimum atomic E-state index is -3.81. The van der Waals surface area contributed by atoms with Crippen LogP contribution in [0.4, 0.5) is 0 Å². The fourth-order valence-electron chi connectivity index (χ4n) is 6.35. The van der Waals surface area contributed by atoms with Gasteiger partial charge in [-0.1, -0.05) is 19.9 Å². The van der Waals surface area contributed by atoms with Gasteiger partial charge < -0.3 is 9.80 Å². The van der Waals surface area contributed by atoms with E-state index in [1.807, 2.05) is 18.2 Å². The van der Waals surface area contributed by atoms with Crippen molar-refractivity contribution in [3.8, 4) is 6.07 Å². The molecule has 0 bridgehead atoms. The minimum absolute atomic E-state index is 0.0593. The number of nitrogens with two attached hydrogens (primary N) is 1. The lowest BCUT2D eigenvalue weighted by molar-refractivity contribution is -0.142. The number of likely N-dealkylation sites (tertiary alicyclic amines) is 1. The lowest BCUT2D eigenvalue weighted by Crippen LogP contribution is -2.58. The van der Waals surface area contributed by atoms with Crippen molar-refractivity contribution in [2.24, 2.45) is 17.0 Å². The molecule has 1 saturated carbocycles. The molecule has 2 heterocycles. The molecule has 9 heteroatoms. The number of nitrogens with one attached hydrogen (secondary N) is 1. The summed E-state index contributed by atoms with van der Waals surface area (Å²) in [4.78, 5) is 18.1. The van der Waals surface area contributed by atoms with Gasteiger partial charge in [0.1, 0.15) is 0 Å². The number of carbonyl (C=O) groups is 1. The van der Waals surface area contributed by atoms with Gasteiger partial charge in [0.25, 0.3) is 10.2 Å². The first kappa shape index (κ1) is 25.1. The highest BCUT2D eigenvalue weighted by Gasteiger charge is 2.49. The number of piperidine rings is 1. The summed E-state index contributed by atoms with van der Waals surface area (Å²) in [5, 5.41) is 14.5. The molecule has 8 nitrogen and oxygen atoms in total. The molecule has 4 rings (SSSR count). The predicted molar refractivity (Wildman–Crippen MR) is 131 cm³/mol. The van der Waals surface area contributed by atoms with Gasteiger partial charge in [0.15, 0.2) is 0 Å². The van der Waals surface area contributed by atoms with Crippen molar-refractivity contribution in [3.63, 3.8) is 0 Å². The Morgan fingerprint density at radius 3 is 2.47 bits per heavy atom. The van der Waals surface area contributed by atoms with Crippen molar-refractivity contribution >= 4 is 16.1 Å². The Hall–Kier alpha value is -1.99. The van der Waals surface area contributed by atoms with Gasteiger partial charge in [-0.2, -0.15) is 13.7 Å². The van der Waals surface area contributed by atoms with Gasteiger partial charge in [-0.3, -0.25) is 4.79 Å². The second-order valence-electron chi connectivity index (χ2n) is 10.6. The molecule has 2 fully saturated rings. The van der Waals surface area contributed by atoms with Crippen LogP contribution in [0.5, 0.6) is 0 Å². The Kier molecular flexibility index (Phi) is 7.34. The molecular weight excluding hydrogens is 450 g/mol.